The topological polar surface area (TPSA) is 40.6 Å². The zero-order valence-electron chi connectivity index (χ0n) is 14.6. The summed E-state index contributed by atoms with van der Waals surface area (Å²) in [5, 5.41) is 3.08. The molecule has 0 N–H and O–H groups in total. The Morgan fingerprint density at radius 3 is 1.60 bits per heavy atom. The van der Waals surface area contributed by atoms with Crippen LogP contribution < -0.4 is 10.0 Å². The van der Waals surface area contributed by atoms with Crippen molar-refractivity contribution < 1.29 is 9.59 Å². The lowest BCUT2D eigenvalue weighted by molar-refractivity contribution is -0.127. The van der Waals surface area contributed by atoms with E-state index in [0.29, 0.717) is 12.3 Å². The minimum absolute atomic E-state index is 0.122. The Kier molecular flexibility index (Phi) is 3.64. The third-order valence-corrected chi connectivity index (χ3v) is 5.45. The van der Waals surface area contributed by atoms with Gasteiger partial charge in [-0.25, -0.2) is 10.0 Å². The molecule has 1 aliphatic carbocycles. The van der Waals surface area contributed by atoms with E-state index in [1.54, 1.807) is 0 Å². The molecule has 2 aliphatic rings. The first-order chi connectivity index (χ1) is 12.0. The normalized spacial score (nSPS) is 22.6. The van der Waals surface area contributed by atoms with E-state index in [1.807, 2.05) is 60.7 Å². The summed E-state index contributed by atoms with van der Waals surface area (Å²) in [5.74, 6) is -0.392. The van der Waals surface area contributed by atoms with Gasteiger partial charge in [-0.15, -0.1) is 0 Å². The summed E-state index contributed by atoms with van der Waals surface area (Å²) in [5.41, 5.74) is 1.70. The molecule has 4 nitrogen and oxygen atoms in total. The number of amides is 2. The SMILES string of the molecule is CC1(C)CC1CC1C(=O)N(c2ccccc2)N(c2ccccc2)C1=O. The summed E-state index contributed by atoms with van der Waals surface area (Å²) in [6.45, 7) is 4.40. The number of benzene rings is 2. The molecular formula is C21H22N2O2. The number of hydrazine groups is 1. The van der Waals surface area contributed by atoms with Crippen LogP contribution in [0.1, 0.15) is 26.7 Å². The minimum Gasteiger partial charge on any atom is -0.272 e. The van der Waals surface area contributed by atoms with Gasteiger partial charge < -0.3 is 0 Å². The summed E-state index contributed by atoms with van der Waals surface area (Å²) >= 11 is 0. The van der Waals surface area contributed by atoms with Gasteiger partial charge >= 0.3 is 0 Å². The molecule has 2 fully saturated rings. The van der Waals surface area contributed by atoms with Gasteiger partial charge in [-0.05, 0) is 48.4 Å². The van der Waals surface area contributed by atoms with Crippen LogP contribution in [0.2, 0.25) is 0 Å². The van der Waals surface area contributed by atoms with E-state index in [9.17, 15) is 9.59 Å². The molecule has 2 amide bonds. The molecule has 1 saturated carbocycles. The molecule has 25 heavy (non-hydrogen) atoms. The molecular weight excluding hydrogens is 312 g/mol. The maximum atomic E-state index is 13.1. The molecule has 4 heteroatoms. The van der Waals surface area contributed by atoms with Crippen LogP contribution in [0.4, 0.5) is 11.4 Å². The Balaban J connectivity index is 1.71. The van der Waals surface area contributed by atoms with E-state index in [1.165, 1.54) is 10.0 Å². The first-order valence-corrected chi connectivity index (χ1v) is 8.77. The summed E-state index contributed by atoms with van der Waals surface area (Å²) in [6.07, 6.45) is 1.72. The highest BCUT2D eigenvalue weighted by atomic mass is 16.2. The van der Waals surface area contributed by atoms with E-state index >= 15 is 0 Å². The second-order valence-corrected chi connectivity index (χ2v) is 7.65. The molecule has 0 bridgehead atoms. The number of hydrogen-bond donors (Lipinski definition) is 0. The first-order valence-electron chi connectivity index (χ1n) is 8.77. The highest BCUT2D eigenvalue weighted by Gasteiger charge is 2.53. The predicted molar refractivity (Wildman–Crippen MR) is 97.9 cm³/mol. The second-order valence-electron chi connectivity index (χ2n) is 7.65. The van der Waals surface area contributed by atoms with Crippen molar-refractivity contribution in [2.45, 2.75) is 26.7 Å². The molecule has 0 radical (unpaired) electrons. The van der Waals surface area contributed by atoms with Crippen LogP contribution in [0, 0.1) is 17.3 Å². The zero-order chi connectivity index (χ0) is 17.6. The van der Waals surface area contributed by atoms with E-state index in [2.05, 4.69) is 13.8 Å². The standard InChI is InChI=1S/C21H22N2O2/c1-21(2)14-15(21)13-18-19(24)22(16-9-5-3-6-10-16)23(20(18)25)17-11-7-4-8-12-17/h3-12,15,18H,13-14H2,1-2H3. The van der Waals surface area contributed by atoms with Crippen LogP contribution in [-0.4, -0.2) is 11.8 Å². The molecule has 1 unspecified atom stereocenters. The lowest BCUT2D eigenvalue weighted by Crippen LogP contribution is -2.41. The number of nitrogens with zero attached hydrogens (tertiary/aromatic N) is 2. The van der Waals surface area contributed by atoms with Gasteiger partial charge in [0.25, 0.3) is 11.8 Å². The first kappa shape index (κ1) is 15.9. The van der Waals surface area contributed by atoms with Crippen molar-refractivity contribution in [2.75, 3.05) is 10.0 Å². The largest absolute Gasteiger partial charge is 0.272 e. The van der Waals surface area contributed by atoms with Gasteiger partial charge in [-0.2, -0.15) is 0 Å². The quantitative estimate of drug-likeness (QED) is 0.792. The van der Waals surface area contributed by atoms with E-state index in [0.717, 1.165) is 17.8 Å². The Morgan fingerprint density at radius 2 is 1.24 bits per heavy atom. The molecule has 1 atom stereocenters. The fourth-order valence-corrected chi connectivity index (χ4v) is 3.69. The van der Waals surface area contributed by atoms with Gasteiger partial charge in [0.05, 0.1) is 11.4 Å². The molecule has 1 heterocycles. The van der Waals surface area contributed by atoms with Crippen LogP contribution in [0.5, 0.6) is 0 Å². The van der Waals surface area contributed by atoms with E-state index < -0.39 is 5.92 Å². The van der Waals surface area contributed by atoms with Gasteiger partial charge in [-0.3, -0.25) is 9.59 Å². The Labute approximate surface area is 148 Å². The van der Waals surface area contributed by atoms with Gasteiger partial charge in [0.15, 0.2) is 0 Å². The third kappa shape index (κ3) is 2.72. The smallest absolute Gasteiger partial charge is 0.258 e. The molecule has 4 rings (SSSR count). The number of carbonyl (C=O) groups is 2. The maximum absolute atomic E-state index is 13.1. The molecule has 0 spiro atoms. The number of anilines is 2. The van der Waals surface area contributed by atoms with Crippen LogP contribution in [0.25, 0.3) is 0 Å². The maximum Gasteiger partial charge on any atom is 0.258 e. The van der Waals surface area contributed by atoms with Crippen molar-refractivity contribution >= 4 is 23.2 Å². The van der Waals surface area contributed by atoms with Gasteiger partial charge in [0, 0.05) is 0 Å². The molecule has 1 saturated heterocycles. The zero-order valence-corrected chi connectivity index (χ0v) is 14.6. The van der Waals surface area contributed by atoms with Crippen molar-refractivity contribution in [3.05, 3.63) is 60.7 Å². The number of hydrogen-bond acceptors (Lipinski definition) is 2. The lowest BCUT2D eigenvalue weighted by atomic mass is 9.97. The molecule has 2 aromatic carbocycles. The lowest BCUT2D eigenvalue weighted by Gasteiger charge is -2.27. The van der Waals surface area contributed by atoms with Crippen LogP contribution >= 0.6 is 0 Å². The third-order valence-electron chi connectivity index (χ3n) is 5.45. The van der Waals surface area contributed by atoms with E-state index in [-0.39, 0.29) is 17.2 Å². The van der Waals surface area contributed by atoms with Gasteiger partial charge in [0.2, 0.25) is 0 Å². The van der Waals surface area contributed by atoms with E-state index in [4.69, 9.17) is 0 Å². The summed E-state index contributed by atoms with van der Waals surface area (Å²) in [6, 6.07) is 18.8. The van der Waals surface area contributed by atoms with Crippen LogP contribution in [-0.2, 0) is 9.59 Å². The van der Waals surface area contributed by atoms with Gasteiger partial charge in [-0.1, -0.05) is 50.2 Å². The summed E-state index contributed by atoms with van der Waals surface area (Å²) < 4.78 is 0. The molecule has 2 aromatic rings. The summed E-state index contributed by atoms with van der Waals surface area (Å²) in [7, 11) is 0. The number of rotatable bonds is 4. The van der Waals surface area contributed by atoms with Crippen LogP contribution in [0.3, 0.4) is 0 Å². The van der Waals surface area contributed by atoms with Crippen molar-refractivity contribution in [3.8, 4) is 0 Å². The van der Waals surface area contributed by atoms with Crippen molar-refractivity contribution in [2.24, 2.45) is 17.3 Å². The molecule has 1 aliphatic heterocycles. The van der Waals surface area contributed by atoms with Gasteiger partial charge in [0.1, 0.15) is 5.92 Å². The van der Waals surface area contributed by atoms with Crippen molar-refractivity contribution in [1.82, 2.24) is 0 Å². The molecule has 0 aromatic heterocycles. The highest BCUT2D eigenvalue weighted by Crippen LogP contribution is 2.55. The van der Waals surface area contributed by atoms with Crippen molar-refractivity contribution in [3.63, 3.8) is 0 Å². The Hall–Kier alpha value is -2.62. The summed E-state index contributed by atoms with van der Waals surface area (Å²) in [4.78, 5) is 26.3. The highest BCUT2D eigenvalue weighted by molar-refractivity contribution is 6.23. The second kappa shape index (κ2) is 5.73. The minimum atomic E-state index is -0.591. The Morgan fingerprint density at radius 1 is 0.840 bits per heavy atom. The van der Waals surface area contributed by atoms with Crippen LogP contribution in [0.15, 0.2) is 60.7 Å². The van der Waals surface area contributed by atoms with Crippen molar-refractivity contribution in [1.29, 1.82) is 0 Å². The molecule has 128 valence electrons. The fourth-order valence-electron chi connectivity index (χ4n) is 3.69. The number of carbonyl (C=O) groups excluding carboxylic acids is 2. The fraction of sp³-hybridized carbons (Fsp3) is 0.333. The predicted octanol–water partition coefficient (Wildman–Crippen LogP) is 4.03. The Bertz CT molecular complexity index is 744. The average Bonchev–Trinajstić information content (AvgIpc) is 3.15. The number of para-hydroxylation sites is 2. The average molecular weight is 334 g/mol. The monoisotopic (exact) mass is 334 g/mol.